The maximum absolute atomic E-state index is 11.6. The zero-order valence-corrected chi connectivity index (χ0v) is 11.1. The second kappa shape index (κ2) is 6.12. The van der Waals surface area contributed by atoms with E-state index in [1.165, 1.54) is 0 Å². The molecule has 0 radical (unpaired) electrons. The predicted molar refractivity (Wildman–Crippen MR) is 71.8 cm³/mol. The van der Waals surface area contributed by atoms with Gasteiger partial charge in [0.25, 0.3) is 0 Å². The average molecular weight is 262 g/mol. The molecule has 0 aliphatic heterocycles. The van der Waals surface area contributed by atoms with Gasteiger partial charge in [-0.2, -0.15) is 0 Å². The van der Waals surface area contributed by atoms with Crippen LogP contribution in [-0.2, 0) is 4.79 Å². The van der Waals surface area contributed by atoms with Crippen LogP contribution in [0.2, 0.25) is 0 Å². The van der Waals surface area contributed by atoms with Crippen molar-refractivity contribution in [1.82, 2.24) is 24.9 Å². The van der Waals surface area contributed by atoms with Gasteiger partial charge in [-0.15, -0.1) is 10.2 Å². The Hall–Kier alpha value is -2.18. The zero-order valence-electron chi connectivity index (χ0n) is 11.1. The minimum absolute atomic E-state index is 0.0373. The van der Waals surface area contributed by atoms with Gasteiger partial charge in [0.15, 0.2) is 5.82 Å². The Morgan fingerprint density at radius 3 is 3.16 bits per heavy atom. The first-order chi connectivity index (χ1) is 9.20. The van der Waals surface area contributed by atoms with E-state index < -0.39 is 0 Å². The van der Waals surface area contributed by atoms with Crippen molar-refractivity contribution >= 4 is 17.4 Å². The SMILES string of the molecule is CCC(C)NC(=O)CCNc1nccn2cnnc12. The number of anilines is 1. The molecule has 0 saturated heterocycles. The fourth-order valence-electron chi connectivity index (χ4n) is 1.63. The normalized spacial score (nSPS) is 12.3. The Kier molecular flexibility index (Phi) is 4.27. The predicted octanol–water partition coefficient (Wildman–Crippen LogP) is 0.841. The monoisotopic (exact) mass is 262 g/mol. The number of aromatic nitrogens is 4. The summed E-state index contributed by atoms with van der Waals surface area (Å²) < 4.78 is 1.77. The van der Waals surface area contributed by atoms with Crippen molar-refractivity contribution in [2.24, 2.45) is 0 Å². The number of hydrogen-bond donors (Lipinski definition) is 2. The van der Waals surface area contributed by atoms with Crippen LogP contribution in [0.3, 0.4) is 0 Å². The van der Waals surface area contributed by atoms with E-state index in [9.17, 15) is 4.79 Å². The van der Waals surface area contributed by atoms with Crippen LogP contribution in [0.1, 0.15) is 26.7 Å². The lowest BCUT2D eigenvalue weighted by Crippen LogP contribution is -2.33. The molecule has 0 spiro atoms. The summed E-state index contributed by atoms with van der Waals surface area (Å²) in [5.74, 6) is 0.673. The van der Waals surface area contributed by atoms with Crippen molar-refractivity contribution in [3.63, 3.8) is 0 Å². The number of carbonyl (C=O) groups excluding carboxylic acids is 1. The Morgan fingerprint density at radius 1 is 1.53 bits per heavy atom. The molecule has 2 heterocycles. The van der Waals surface area contributed by atoms with Gasteiger partial charge in [0.05, 0.1) is 0 Å². The minimum atomic E-state index is 0.0373. The van der Waals surface area contributed by atoms with E-state index in [0.717, 1.165) is 6.42 Å². The number of nitrogens with one attached hydrogen (secondary N) is 2. The molecule has 0 bridgehead atoms. The largest absolute Gasteiger partial charge is 0.366 e. The van der Waals surface area contributed by atoms with Gasteiger partial charge in [0.2, 0.25) is 11.6 Å². The molecule has 1 amide bonds. The maximum atomic E-state index is 11.6. The van der Waals surface area contributed by atoms with E-state index in [4.69, 9.17) is 0 Å². The molecule has 0 saturated carbocycles. The van der Waals surface area contributed by atoms with Crippen molar-refractivity contribution < 1.29 is 4.79 Å². The summed E-state index contributed by atoms with van der Waals surface area (Å²) in [6.45, 7) is 4.55. The van der Waals surface area contributed by atoms with Crippen LogP contribution in [0.4, 0.5) is 5.82 Å². The fraction of sp³-hybridized carbons (Fsp3) is 0.500. The Labute approximate surface area is 111 Å². The highest BCUT2D eigenvalue weighted by Gasteiger charge is 2.07. The van der Waals surface area contributed by atoms with Gasteiger partial charge in [-0.1, -0.05) is 6.92 Å². The third-order valence-electron chi connectivity index (χ3n) is 2.88. The van der Waals surface area contributed by atoms with Crippen molar-refractivity contribution in [3.05, 3.63) is 18.7 Å². The van der Waals surface area contributed by atoms with Crippen molar-refractivity contribution in [2.75, 3.05) is 11.9 Å². The van der Waals surface area contributed by atoms with Gasteiger partial charge >= 0.3 is 0 Å². The molecule has 0 aliphatic carbocycles. The molecule has 0 aliphatic rings. The second-order valence-corrected chi connectivity index (χ2v) is 4.39. The minimum Gasteiger partial charge on any atom is -0.366 e. The second-order valence-electron chi connectivity index (χ2n) is 4.39. The summed E-state index contributed by atoms with van der Waals surface area (Å²) in [4.78, 5) is 15.8. The molecule has 0 fully saturated rings. The number of rotatable bonds is 6. The highest BCUT2D eigenvalue weighted by atomic mass is 16.1. The Bertz CT molecular complexity index is 552. The fourth-order valence-corrected chi connectivity index (χ4v) is 1.63. The number of fused-ring (bicyclic) bond motifs is 1. The number of carbonyl (C=O) groups is 1. The molecule has 2 aromatic rings. The first-order valence-corrected chi connectivity index (χ1v) is 6.38. The molecular weight excluding hydrogens is 244 g/mol. The summed E-state index contributed by atoms with van der Waals surface area (Å²) >= 11 is 0. The molecule has 2 aromatic heterocycles. The summed E-state index contributed by atoms with van der Waals surface area (Å²) in [5, 5.41) is 13.8. The van der Waals surface area contributed by atoms with E-state index >= 15 is 0 Å². The van der Waals surface area contributed by atoms with E-state index in [1.54, 1.807) is 23.1 Å². The average Bonchev–Trinajstić information content (AvgIpc) is 2.87. The van der Waals surface area contributed by atoms with E-state index in [0.29, 0.717) is 24.4 Å². The van der Waals surface area contributed by atoms with Gasteiger partial charge in [-0.05, 0) is 13.3 Å². The Balaban J connectivity index is 1.86. The summed E-state index contributed by atoms with van der Waals surface area (Å²) in [5.41, 5.74) is 0.657. The first-order valence-electron chi connectivity index (χ1n) is 6.38. The first kappa shape index (κ1) is 13.3. The van der Waals surface area contributed by atoms with E-state index in [-0.39, 0.29) is 11.9 Å². The molecule has 2 rings (SSSR count). The molecule has 1 atom stereocenters. The van der Waals surface area contributed by atoms with Crippen LogP contribution < -0.4 is 10.6 Å². The molecule has 1 unspecified atom stereocenters. The number of hydrogen-bond acceptors (Lipinski definition) is 5. The summed E-state index contributed by atoms with van der Waals surface area (Å²) in [7, 11) is 0. The number of amides is 1. The summed E-state index contributed by atoms with van der Waals surface area (Å²) in [6, 6.07) is 0.213. The third-order valence-corrected chi connectivity index (χ3v) is 2.88. The highest BCUT2D eigenvalue weighted by Crippen LogP contribution is 2.09. The van der Waals surface area contributed by atoms with Crippen LogP contribution in [0.25, 0.3) is 5.65 Å². The number of nitrogens with zero attached hydrogens (tertiary/aromatic N) is 4. The van der Waals surface area contributed by atoms with Gasteiger partial charge < -0.3 is 10.6 Å². The van der Waals surface area contributed by atoms with E-state index in [2.05, 4.69) is 25.8 Å². The maximum Gasteiger partial charge on any atom is 0.221 e. The molecule has 7 heteroatoms. The standard InChI is InChI=1S/C12H18N6O/c1-3-9(2)16-10(19)4-5-13-11-12-17-15-8-18(12)7-6-14-11/h6-9H,3-5H2,1-2H3,(H,13,14)(H,16,19). The Morgan fingerprint density at radius 2 is 2.37 bits per heavy atom. The lowest BCUT2D eigenvalue weighted by atomic mass is 10.2. The summed E-state index contributed by atoms with van der Waals surface area (Å²) in [6.07, 6.45) is 6.38. The van der Waals surface area contributed by atoms with Crippen molar-refractivity contribution in [2.45, 2.75) is 32.7 Å². The molecule has 7 nitrogen and oxygen atoms in total. The van der Waals surface area contributed by atoms with Crippen LogP contribution in [-0.4, -0.2) is 38.1 Å². The topological polar surface area (TPSA) is 84.2 Å². The zero-order chi connectivity index (χ0) is 13.7. The highest BCUT2D eigenvalue weighted by molar-refractivity contribution is 5.77. The third kappa shape index (κ3) is 3.40. The molecule has 2 N–H and O–H groups in total. The van der Waals surface area contributed by atoms with Crippen molar-refractivity contribution in [1.29, 1.82) is 0 Å². The van der Waals surface area contributed by atoms with Crippen LogP contribution in [0, 0.1) is 0 Å². The smallest absolute Gasteiger partial charge is 0.221 e. The molecule has 102 valence electrons. The van der Waals surface area contributed by atoms with Gasteiger partial charge in [0, 0.05) is 31.4 Å². The van der Waals surface area contributed by atoms with Gasteiger partial charge in [-0.25, -0.2) is 4.98 Å². The van der Waals surface area contributed by atoms with Crippen LogP contribution in [0.15, 0.2) is 18.7 Å². The molecule has 19 heavy (non-hydrogen) atoms. The van der Waals surface area contributed by atoms with Gasteiger partial charge in [-0.3, -0.25) is 9.20 Å². The van der Waals surface area contributed by atoms with Gasteiger partial charge in [0.1, 0.15) is 6.33 Å². The molecular formula is C12H18N6O. The van der Waals surface area contributed by atoms with E-state index in [1.807, 2.05) is 13.8 Å². The lowest BCUT2D eigenvalue weighted by Gasteiger charge is -2.11. The van der Waals surface area contributed by atoms with Crippen LogP contribution >= 0.6 is 0 Å². The van der Waals surface area contributed by atoms with Crippen molar-refractivity contribution in [3.8, 4) is 0 Å². The quantitative estimate of drug-likeness (QED) is 0.806. The molecule has 0 aromatic carbocycles. The van der Waals surface area contributed by atoms with Crippen LogP contribution in [0.5, 0.6) is 0 Å². The lowest BCUT2D eigenvalue weighted by molar-refractivity contribution is -0.121.